The molecule has 8 heteroatoms. The van der Waals surface area contributed by atoms with Crippen LogP contribution in [0.15, 0.2) is 52.4 Å². The van der Waals surface area contributed by atoms with Gasteiger partial charge in [0.25, 0.3) is 5.56 Å². The molecule has 4 aromatic rings. The smallest absolute Gasteiger partial charge is 0.327 e. The zero-order valence-electron chi connectivity index (χ0n) is 18.3. The van der Waals surface area contributed by atoms with Gasteiger partial charge < -0.3 is 9.72 Å². The molecule has 4 rings (SSSR count). The third-order valence-electron chi connectivity index (χ3n) is 5.19. The highest BCUT2D eigenvalue weighted by molar-refractivity contribution is 8.01. The number of ether oxygens (including phenoxy) is 1. The lowest BCUT2D eigenvalue weighted by Gasteiger charge is -2.17. The number of carbonyl (C=O) groups is 2. The molecule has 0 fully saturated rings. The highest BCUT2D eigenvalue weighted by atomic mass is 32.2. The maximum absolute atomic E-state index is 13.7. The van der Waals surface area contributed by atoms with Crippen molar-refractivity contribution in [1.29, 1.82) is 0 Å². The first-order valence-corrected chi connectivity index (χ1v) is 11.1. The minimum atomic E-state index is -1.12. The summed E-state index contributed by atoms with van der Waals surface area (Å²) >= 11 is 0.936. The number of rotatable bonds is 6. The standard InChI is InChI=1S/C24H23N3O4S/c1-5-31-23(30)21(15(4)28)32-24-26-19-16-8-6-7-9-17(16)25-20(19)22(29)27(24)18-12-13(2)10-11-14(18)3/h6-12,21,25H,5H2,1-4H3. The molecule has 1 atom stereocenters. The van der Waals surface area contributed by atoms with Gasteiger partial charge in [-0.15, -0.1) is 0 Å². The Labute approximate surface area is 188 Å². The lowest BCUT2D eigenvalue weighted by molar-refractivity contribution is -0.144. The molecule has 2 aromatic heterocycles. The summed E-state index contributed by atoms with van der Waals surface area (Å²) in [6.45, 7) is 7.01. The molecule has 0 aliphatic rings. The summed E-state index contributed by atoms with van der Waals surface area (Å²) in [6.07, 6.45) is 0. The van der Waals surface area contributed by atoms with Gasteiger partial charge in [-0.2, -0.15) is 0 Å². The first kappa shape index (κ1) is 21.8. The number of esters is 1. The lowest BCUT2D eigenvalue weighted by Crippen LogP contribution is -2.30. The van der Waals surface area contributed by atoms with Crippen LogP contribution in [-0.2, 0) is 14.3 Å². The van der Waals surface area contributed by atoms with E-state index in [0.717, 1.165) is 33.8 Å². The van der Waals surface area contributed by atoms with Crippen LogP contribution in [0, 0.1) is 13.8 Å². The summed E-state index contributed by atoms with van der Waals surface area (Å²) in [4.78, 5) is 46.4. The largest absolute Gasteiger partial charge is 0.465 e. The fourth-order valence-electron chi connectivity index (χ4n) is 3.61. The maximum atomic E-state index is 13.7. The van der Waals surface area contributed by atoms with E-state index in [1.165, 1.54) is 11.5 Å². The number of H-pyrrole nitrogens is 1. The SMILES string of the molecule is CCOC(=O)C(Sc1nc2c([nH]c3ccccc32)c(=O)n1-c1cc(C)ccc1C)C(C)=O. The molecule has 1 unspecified atom stereocenters. The fraction of sp³-hybridized carbons (Fsp3) is 0.250. The second-order valence-electron chi connectivity index (χ2n) is 7.58. The number of nitrogens with one attached hydrogen (secondary N) is 1. The fourth-order valence-corrected chi connectivity index (χ4v) is 4.59. The topological polar surface area (TPSA) is 94.0 Å². The number of fused-ring (bicyclic) bond motifs is 3. The molecule has 0 spiro atoms. The molecular formula is C24H23N3O4S. The van der Waals surface area contributed by atoms with Crippen LogP contribution in [0.25, 0.3) is 27.6 Å². The molecule has 0 aliphatic heterocycles. The van der Waals surface area contributed by atoms with Gasteiger partial charge in [-0.05, 0) is 51.0 Å². The van der Waals surface area contributed by atoms with Crippen molar-refractivity contribution in [2.24, 2.45) is 0 Å². The van der Waals surface area contributed by atoms with Gasteiger partial charge in [0.2, 0.25) is 0 Å². The summed E-state index contributed by atoms with van der Waals surface area (Å²) in [5.74, 6) is -1.01. The van der Waals surface area contributed by atoms with Gasteiger partial charge in [0.15, 0.2) is 16.2 Å². The lowest BCUT2D eigenvalue weighted by atomic mass is 10.1. The molecule has 0 saturated carbocycles. The molecule has 164 valence electrons. The Kier molecular flexibility index (Phi) is 5.88. The highest BCUT2D eigenvalue weighted by Crippen LogP contribution is 2.30. The maximum Gasteiger partial charge on any atom is 0.327 e. The Morgan fingerprint density at radius 1 is 1.19 bits per heavy atom. The zero-order chi connectivity index (χ0) is 23.0. The molecule has 0 aliphatic carbocycles. The number of aryl methyl sites for hydroxylation is 2. The van der Waals surface area contributed by atoms with E-state index in [4.69, 9.17) is 9.72 Å². The second-order valence-corrected chi connectivity index (χ2v) is 8.65. The molecule has 0 bridgehead atoms. The molecule has 2 heterocycles. The van der Waals surface area contributed by atoms with E-state index in [9.17, 15) is 14.4 Å². The van der Waals surface area contributed by atoms with Crippen molar-refractivity contribution in [2.75, 3.05) is 6.61 Å². The van der Waals surface area contributed by atoms with E-state index in [-0.39, 0.29) is 23.1 Å². The van der Waals surface area contributed by atoms with Crippen LogP contribution in [-0.4, -0.2) is 38.1 Å². The number of thioether (sulfide) groups is 1. The van der Waals surface area contributed by atoms with Crippen molar-refractivity contribution in [3.63, 3.8) is 0 Å². The predicted molar refractivity (Wildman–Crippen MR) is 126 cm³/mol. The number of Topliss-reactive ketones (excluding diaryl/α,β-unsaturated/α-hetero) is 1. The predicted octanol–water partition coefficient (Wildman–Crippen LogP) is 4.10. The van der Waals surface area contributed by atoms with Crippen LogP contribution in [0.4, 0.5) is 0 Å². The zero-order valence-corrected chi connectivity index (χ0v) is 19.1. The summed E-state index contributed by atoms with van der Waals surface area (Å²) in [7, 11) is 0. The first-order valence-electron chi connectivity index (χ1n) is 10.3. The number of hydrogen-bond acceptors (Lipinski definition) is 6. The van der Waals surface area contributed by atoms with Crippen LogP contribution in [0.1, 0.15) is 25.0 Å². The Hall–Kier alpha value is -3.39. The number of ketones is 1. The van der Waals surface area contributed by atoms with Crippen molar-refractivity contribution < 1.29 is 14.3 Å². The number of aromatic nitrogens is 3. The average molecular weight is 450 g/mol. The van der Waals surface area contributed by atoms with E-state index in [0.29, 0.717) is 16.7 Å². The van der Waals surface area contributed by atoms with Gasteiger partial charge in [0, 0.05) is 10.9 Å². The minimum Gasteiger partial charge on any atom is -0.465 e. The van der Waals surface area contributed by atoms with Crippen molar-refractivity contribution >= 4 is 45.5 Å². The van der Waals surface area contributed by atoms with E-state index >= 15 is 0 Å². The molecule has 1 N–H and O–H groups in total. The quantitative estimate of drug-likeness (QED) is 0.206. The van der Waals surface area contributed by atoms with Crippen molar-refractivity contribution in [3.8, 4) is 5.69 Å². The van der Waals surface area contributed by atoms with Gasteiger partial charge in [0.1, 0.15) is 11.0 Å². The number of aromatic amines is 1. The minimum absolute atomic E-state index is 0.155. The van der Waals surface area contributed by atoms with Crippen molar-refractivity contribution in [2.45, 2.75) is 38.1 Å². The highest BCUT2D eigenvalue weighted by Gasteiger charge is 2.29. The van der Waals surface area contributed by atoms with Crippen LogP contribution in [0.5, 0.6) is 0 Å². The van der Waals surface area contributed by atoms with E-state index in [2.05, 4.69) is 4.98 Å². The van der Waals surface area contributed by atoms with E-state index < -0.39 is 11.2 Å². The number of nitrogens with zero attached hydrogens (tertiary/aromatic N) is 2. The Balaban J connectivity index is 2.03. The Morgan fingerprint density at radius 2 is 1.94 bits per heavy atom. The van der Waals surface area contributed by atoms with Gasteiger partial charge in [-0.3, -0.25) is 19.0 Å². The molecule has 0 radical (unpaired) electrons. The van der Waals surface area contributed by atoms with Gasteiger partial charge in [-0.25, -0.2) is 4.98 Å². The number of carbonyl (C=O) groups excluding carboxylic acids is 2. The van der Waals surface area contributed by atoms with Crippen LogP contribution in [0.3, 0.4) is 0 Å². The summed E-state index contributed by atoms with van der Waals surface area (Å²) in [6, 6.07) is 13.3. The summed E-state index contributed by atoms with van der Waals surface area (Å²) in [5, 5.41) is -0.0693. The van der Waals surface area contributed by atoms with Gasteiger partial charge >= 0.3 is 5.97 Å². The normalized spacial score (nSPS) is 12.2. The summed E-state index contributed by atoms with van der Waals surface area (Å²) in [5.41, 5.74) is 3.85. The molecular weight excluding hydrogens is 426 g/mol. The third kappa shape index (κ3) is 3.82. The van der Waals surface area contributed by atoms with Crippen LogP contribution in [0.2, 0.25) is 0 Å². The van der Waals surface area contributed by atoms with Crippen LogP contribution >= 0.6 is 11.8 Å². The molecule has 0 saturated heterocycles. The van der Waals surface area contributed by atoms with E-state index in [1.807, 2.05) is 56.3 Å². The molecule has 0 amide bonds. The monoisotopic (exact) mass is 449 g/mol. The molecule has 32 heavy (non-hydrogen) atoms. The van der Waals surface area contributed by atoms with E-state index in [1.54, 1.807) is 6.92 Å². The number of hydrogen-bond donors (Lipinski definition) is 1. The van der Waals surface area contributed by atoms with Crippen molar-refractivity contribution in [1.82, 2.24) is 14.5 Å². The Morgan fingerprint density at radius 3 is 2.66 bits per heavy atom. The van der Waals surface area contributed by atoms with Crippen molar-refractivity contribution in [3.05, 3.63) is 63.9 Å². The number of para-hydroxylation sites is 1. The van der Waals surface area contributed by atoms with Gasteiger partial charge in [-0.1, -0.05) is 42.1 Å². The first-order chi connectivity index (χ1) is 15.3. The number of benzene rings is 2. The Bertz CT molecular complexity index is 1420. The second kappa shape index (κ2) is 8.63. The summed E-state index contributed by atoms with van der Waals surface area (Å²) < 4.78 is 6.57. The third-order valence-corrected chi connectivity index (χ3v) is 6.44. The molecule has 2 aromatic carbocycles. The average Bonchev–Trinajstić information content (AvgIpc) is 3.13. The van der Waals surface area contributed by atoms with Crippen LogP contribution < -0.4 is 5.56 Å². The van der Waals surface area contributed by atoms with Gasteiger partial charge in [0.05, 0.1) is 12.3 Å². The molecule has 7 nitrogen and oxygen atoms in total.